The van der Waals surface area contributed by atoms with E-state index < -0.39 is 16.1 Å². The summed E-state index contributed by atoms with van der Waals surface area (Å²) in [5.41, 5.74) is 8.36. The molecular weight excluding hydrogens is 761 g/mol. The summed E-state index contributed by atoms with van der Waals surface area (Å²) in [7, 11) is -2.94. The van der Waals surface area contributed by atoms with Gasteiger partial charge in [-0.05, 0) is 38.6 Å². The smallest absolute Gasteiger partial charge is 0.128 e. The summed E-state index contributed by atoms with van der Waals surface area (Å²) in [6.07, 6.45) is 3.83. The van der Waals surface area contributed by atoms with E-state index in [0.29, 0.717) is 0 Å². The molecule has 0 amide bonds. The third kappa shape index (κ3) is 5.57. The number of furan rings is 1. The molecule has 0 atom stereocenters. The Morgan fingerprint density at radius 1 is 0.667 bits per heavy atom. The van der Waals surface area contributed by atoms with Crippen LogP contribution < -0.4 is 15.6 Å². The first-order chi connectivity index (χ1) is 21.2. The molecule has 225 valence electrons. The van der Waals surface area contributed by atoms with Crippen molar-refractivity contribution in [1.29, 1.82) is 0 Å². The molecule has 3 aromatic heterocycles. The molecule has 8 rings (SSSR count). The Balaban J connectivity index is 0.000000181. The van der Waals surface area contributed by atoms with Gasteiger partial charge in [-0.1, -0.05) is 104 Å². The van der Waals surface area contributed by atoms with Crippen molar-refractivity contribution in [3.63, 3.8) is 0 Å². The predicted octanol–water partition coefficient (Wildman–Crippen LogP) is 8.34. The van der Waals surface area contributed by atoms with Crippen molar-refractivity contribution in [2.75, 3.05) is 0 Å². The molecule has 45 heavy (non-hydrogen) atoms. The fourth-order valence-electron chi connectivity index (χ4n) is 6.24. The first-order valence-corrected chi connectivity index (χ1v) is 21.6. The van der Waals surface area contributed by atoms with E-state index >= 15 is 0 Å². The van der Waals surface area contributed by atoms with Gasteiger partial charge in [-0.15, -0.1) is 54.1 Å². The van der Waals surface area contributed by atoms with E-state index in [9.17, 15) is 0 Å². The van der Waals surface area contributed by atoms with Crippen LogP contribution >= 0.6 is 0 Å². The van der Waals surface area contributed by atoms with E-state index in [1.165, 1.54) is 32.1 Å². The van der Waals surface area contributed by atoms with Crippen LogP contribution in [0.3, 0.4) is 0 Å². The van der Waals surface area contributed by atoms with Crippen molar-refractivity contribution in [1.82, 2.24) is 9.97 Å². The zero-order valence-electron chi connectivity index (χ0n) is 26.1. The number of benzene rings is 4. The Kier molecular flexibility index (Phi) is 8.36. The van der Waals surface area contributed by atoms with E-state index in [2.05, 4.69) is 109 Å². The van der Waals surface area contributed by atoms with Crippen LogP contribution in [0.25, 0.3) is 55.6 Å². The number of rotatable bonds is 3. The molecule has 0 fully saturated rings. The summed E-state index contributed by atoms with van der Waals surface area (Å²) in [6, 6.07) is 42.2. The molecule has 1 aliphatic rings. The van der Waals surface area contributed by atoms with Gasteiger partial charge in [0, 0.05) is 43.4 Å². The second-order valence-electron chi connectivity index (χ2n) is 12.9. The fraction of sp³-hybridized carbons (Fsp3) is 0.128. The van der Waals surface area contributed by atoms with Crippen LogP contribution in [0.5, 0.6) is 0 Å². The van der Waals surface area contributed by atoms with Crippen LogP contribution in [0.1, 0.15) is 0 Å². The van der Waals surface area contributed by atoms with Gasteiger partial charge in [-0.3, -0.25) is 0 Å². The second-order valence-corrected chi connectivity index (χ2v) is 22.3. The average Bonchev–Trinajstić information content (AvgIpc) is 3.54. The largest absolute Gasteiger partial charge is 0.500 e. The maximum atomic E-state index is 6.58. The third-order valence-electron chi connectivity index (χ3n) is 8.68. The van der Waals surface area contributed by atoms with Crippen LogP contribution in [0.4, 0.5) is 0 Å². The first-order valence-electron chi connectivity index (χ1n) is 15.1. The third-order valence-corrected chi connectivity index (χ3v) is 14.3. The topological polar surface area (TPSA) is 38.9 Å². The SMILES string of the molecule is C[Si](C)(C)c1ccc(-c2[c-]cccc2)nc1.C[Si]1(C)c2ccccc2-c2c1ccc1c2oc2c(-c3ccccn3)[c-]ccc21.[Ir]. The maximum absolute atomic E-state index is 6.58. The van der Waals surface area contributed by atoms with Crippen molar-refractivity contribution in [2.45, 2.75) is 32.7 Å². The first kappa shape index (κ1) is 31.1. The van der Waals surface area contributed by atoms with Gasteiger partial charge in [0.2, 0.25) is 0 Å². The van der Waals surface area contributed by atoms with Gasteiger partial charge in [0.05, 0.1) is 13.7 Å². The van der Waals surface area contributed by atoms with Gasteiger partial charge in [-0.25, -0.2) is 0 Å². The Hall–Kier alpha value is -3.94. The van der Waals surface area contributed by atoms with Crippen molar-refractivity contribution in [3.8, 4) is 33.6 Å². The number of fused-ring (bicyclic) bond motifs is 7. The Labute approximate surface area is 280 Å². The van der Waals surface area contributed by atoms with Crippen LogP contribution in [0.2, 0.25) is 32.7 Å². The Morgan fingerprint density at radius 2 is 1.44 bits per heavy atom. The van der Waals surface area contributed by atoms with Crippen LogP contribution in [0.15, 0.2) is 120 Å². The van der Waals surface area contributed by atoms with E-state index in [0.717, 1.165) is 39.1 Å². The number of nitrogens with zero attached hydrogens (tertiary/aromatic N) is 2. The molecule has 7 aromatic rings. The molecular formula is C39H34IrN2OSi2-2. The molecule has 0 saturated carbocycles. The molecule has 1 aliphatic heterocycles. The van der Waals surface area contributed by atoms with Gasteiger partial charge >= 0.3 is 0 Å². The van der Waals surface area contributed by atoms with Crippen LogP contribution in [-0.4, -0.2) is 26.1 Å². The number of hydrogen-bond acceptors (Lipinski definition) is 3. The molecule has 3 nitrogen and oxygen atoms in total. The van der Waals surface area contributed by atoms with Crippen molar-refractivity contribution in [2.24, 2.45) is 0 Å². The maximum Gasteiger partial charge on any atom is 0.128 e. The molecule has 0 bridgehead atoms. The van der Waals surface area contributed by atoms with Gasteiger partial charge in [0.1, 0.15) is 13.7 Å². The van der Waals surface area contributed by atoms with E-state index in [-0.39, 0.29) is 20.1 Å². The van der Waals surface area contributed by atoms with Gasteiger partial charge in [-0.2, -0.15) is 0 Å². The minimum atomic E-state index is -1.71. The fourth-order valence-corrected chi connectivity index (χ4v) is 10.3. The summed E-state index contributed by atoms with van der Waals surface area (Å²) in [5.74, 6) is 0. The molecule has 4 heterocycles. The monoisotopic (exact) mass is 795 g/mol. The van der Waals surface area contributed by atoms with Crippen molar-refractivity contribution in [3.05, 3.63) is 128 Å². The molecule has 0 N–H and O–H groups in total. The van der Waals surface area contributed by atoms with Crippen LogP contribution in [0, 0.1) is 12.1 Å². The van der Waals surface area contributed by atoms with Crippen molar-refractivity contribution < 1.29 is 24.5 Å². The Bertz CT molecular complexity index is 2120. The molecule has 0 aliphatic carbocycles. The molecule has 6 heteroatoms. The number of hydrogen-bond donors (Lipinski definition) is 0. The quantitative estimate of drug-likeness (QED) is 0.134. The minimum Gasteiger partial charge on any atom is -0.500 e. The summed E-state index contributed by atoms with van der Waals surface area (Å²) in [6.45, 7) is 11.9. The normalized spacial score (nSPS) is 13.0. The Morgan fingerprint density at radius 3 is 2.16 bits per heavy atom. The van der Waals surface area contributed by atoms with Crippen molar-refractivity contribution >= 4 is 53.6 Å². The van der Waals surface area contributed by atoms with E-state index in [4.69, 9.17) is 4.42 Å². The average molecular weight is 795 g/mol. The summed E-state index contributed by atoms with van der Waals surface area (Å²) in [4.78, 5) is 9.04. The van der Waals surface area contributed by atoms with E-state index in [1.807, 2.05) is 60.9 Å². The molecule has 1 radical (unpaired) electrons. The summed E-state index contributed by atoms with van der Waals surface area (Å²) in [5, 5.41) is 6.65. The number of pyridine rings is 2. The van der Waals surface area contributed by atoms with Crippen LogP contribution in [-0.2, 0) is 20.1 Å². The summed E-state index contributed by atoms with van der Waals surface area (Å²) < 4.78 is 6.58. The number of aromatic nitrogens is 2. The molecule has 0 spiro atoms. The van der Waals surface area contributed by atoms with E-state index in [1.54, 1.807) is 0 Å². The predicted molar refractivity (Wildman–Crippen MR) is 189 cm³/mol. The van der Waals surface area contributed by atoms with Gasteiger partial charge in [0.15, 0.2) is 0 Å². The van der Waals surface area contributed by atoms with Gasteiger partial charge < -0.3 is 14.4 Å². The molecule has 0 unspecified atom stereocenters. The van der Waals surface area contributed by atoms with Gasteiger partial charge in [0.25, 0.3) is 0 Å². The minimum absolute atomic E-state index is 0. The standard InChI is InChI=1S/C25H18NOSi.C14H16NSi.Ir/c1-28(2)21-12-4-3-8-19(21)23-22(28)14-13-17-16-9-7-10-18(24(16)27-25(17)23)20-11-5-6-15-26-20;1-16(2,3)13-9-10-14(15-11-13)12-7-5-4-6-8-12;/h3-9,11-15H,1-2H3;4-7,9-11H,1-3H3;/q2*-1;. The molecule has 4 aromatic carbocycles. The second kappa shape index (κ2) is 12.1. The zero-order chi connectivity index (χ0) is 30.5. The zero-order valence-corrected chi connectivity index (χ0v) is 30.5. The molecule has 0 saturated heterocycles. The summed E-state index contributed by atoms with van der Waals surface area (Å²) >= 11 is 0.